The van der Waals surface area contributed by atoms with Crippen molar-refractivity contribution < 1.29 is 12.8 Å². The van der Waals surface area contributed by atoms with Gasteiger partial charge >= 0.3 is 0 Å². The summed E-state index contributed by atoms with van der Waals surface area (Å²) in [4.78, 5) is 2.32. The first kappa shape index (κ1) is 19.2. The maximum absolute atomic E-state index is 13.1. The van der Waals surface area contributed by atoms with Crippen LogP contribution in [0.4, 0.5) is 0 Å². The molecule has 2 aromatic carbocycles. The summed E-state index contributed by atoms with van der Waals surface area (Å²) in [6.07, 6.45) is 0. The fourth-order valence-corrected chi connectivity index (χ4v) is 5.64. The average molecular weight is 443 g/mol. The topological polar surface area (TPSA) is 105 Å². The lowest BCUT2D eigenvalue weighted by Gasteiger charge is -2.33. The van der Waals surface area contributed by atoms with Gasteiger partial charge < -0.3 is 4.42 Å². The van der Waals surface area contributed by atoms with Gasteiger partial charge in [-0.25, -0.2) is 8.42 Å². The highest BCUT2D eigenvalue weighted by Crippen LogP contribution is 2.25. The van der Waals surface area contributed by atoms with Crippen molar-refractivity contribution in [2.75, 3.05) is 26.2 Å². The van der Waals surface area contributed by atoms with Crippen LogP contribution in [0, 0.1) is 0 Å². The summed E-state index contributed by atoms with van der Waals surface area (Å²) in [7, 11) is -3.63. The molecule has 5 rings (SSSR count). The predicted octanol–water partition coefficient (Wildman–Crippen LogP) is 2.25. The van der Waals surface area contributed by atoms with E-state index >= 15 is 0 Å². The third-order valence-corrected chi connectivity index (χ3v) is 7.52. The van der Waals surface area contributed by atoms with Gasteiger partial charge in [-0.2, -0.15) is 13.1 Å². The second-order valence-corrected chi connectivity index (χ2v) is 9.37. The molecule has 1 fully saturated rings. The predicted molar refractivity (Wildman–Crippen MR) is 111 cm³/mol. The van der Waals surface area contributed by atoms with Crippen LogP contribution in [0.3, 0.4) is 0 Å². The normalized spacial score (nSPS) is 16.3. The van der Waals surface area contributed by atoms with E-state index in [-0.39, 0.29) is 4.90 Å². The molecule has 9 nitrogen and oxygen atoms in total. The minimum atomic E-state index is -3.63. The minimum Gasteiger partial charge on any atom is -0.419 e. The summed E-state index contributed by atoms with van der Waals surface area (Å²) >= 11 is 1.02. The monoisotopic (exact) mass is 442 g/mol. The van der Waals surface area contributed by atoms with Crippen molar-refractivity contribution in [2.45, 2.75) is 11.4 Å². The Kier molecular flexibility index (Phi) is 5.03. The first-order valence-corrected chi connectivity index (χ1v) is 11.6. The van der Waals surface area contributed by atoms with Gasteiger partial charge in [-0.15, -0.1) is 10.2 Å². The zero-order chi connectivity index (χ0) is 20.6. The van der Waals surface area contributed by atoms with Crippen LogP contribution in [0.2, 0.25) is 0 Å². The molecule has 0 unspecified atom stereocenters. The lowest BCUT2D eigenvalue weighted by molar-refractivity contribution is 0.168. The average Bonchev–Trinajstić information content (AvgIpc) is 3.44. The minimum absolute atomic E-state index is 0.214. The fourth-order valence-electron chi connectivity index (χ4n) is 3.46. The van der Waals surface area contributed by atoms with Crippen LogP contribution in [-0.4, -0.2) is 62.7 Å². The lowest BCUT2D eigenvalue weighted by atomic mass is 10.2. The molecule has 0 N–H and O–H groups in total. The molecule has 3 heterocycles. The summed E-state index contributed by atoms with van der Waals surface area (Å²) in [6, 6.07) is 14.7. The van der Waals surface area contributed by atoms with E-state index in [1.165, 1.54) is 4.31 Å². The number of benzene rings is 2. The van der Waals surface area contributed by atoms with Crippen molar-refractivity contribution in [2.24, 2.45) is 0 Å². The molecule has 0 saturated carbocycles. The van der Waals surface area contributed by atoms with Crippen LogP contribution in [0.15, 0.2) is 57.8 Å². The van der Waals surface area contributed by atoms with E-state index in [4.69, 9.17) is 4.42 Å². The van der Waals surface area contributed by atoms with Crippen LogP contribution >= 0.6 is 11.7 Å². The molecular weight excluding hydrogens is 424 g/mol. The third kappa shape index (κ3) is 3.60. The van der Waals surface area contributed by atoms with E-state index in [9.17, 15) is 8.42 Å². The zero-order valence-electron chi connectivity index (χ0n) is 15.9. The molecule has 4 aromatic rings. The first-order chi connectivity index (χ1) is 14.6. The molecule has 0 atom stereocenters. The largest absolute Gasteiger partial charge is 0.419 e. The SMILES string of the molecule is O=S(=O)(c1cccc2nsnc12)N1CCN(Cc2nnc(-c3ccccc3)o2)CC1. The summed E-state index contributed by atoms with van der Waals surface area (Å²) in [5, 5.41) is 8.23. The molecule has 0 bridgehead atoms. The molecular formula is C19H18N6O3S2. The van der Waals surface area contributed by atoms with Crippen molar-refractivity contribution in [3.63, 3.8) is 0 Å². The molecule has 2 aromatic heterocycles. The molecule has 0 amide bonds. The molecule has 30 heavy (non-hydrogen) atoms. The molecule has 0 aliphatic carbocycles. The van der Waals surface area contributed by atoms with Gasteiger partial charge in [0.25, 0.3) is 0 Å². The van der Waals surface area contributed by atoms with Crippen molar-refractivity contribution >= 4 is 32.8 Å². The van der Waals surface area contributed by atoms with Gasteiger partial charge in [0, 0.05) is 31.7 Å². The standard InChI is InChI=1S/C19H18N6O3S2/c26-30(27,16-8-4-7-15-18(16)23-29-22-15)25-11-9-24(10-12-25)13-17-20-21-19(28-17)14-5-2-1-3-6-14/h1-8H,9-13H2. The van der Waals surface area contributed by atoms with Gasteiger partial charge in [-0.05, 0) is 24.3 Å². The molecule has 1 saturated heterocycles. The van der Waals surface area contributed by atoms with Gasteiger partial charge in [0.1, 0.15) is 15.9 Å². The van der Waals surface area contributed by atoms with E-state index in [0.29, 0.717) is 55.5 Å². The summed E-state index contributed by atoms with van der Waals surface area (Å²) in [5.74, 6) is 1.00. The van der Waals surface area contributed by atoms with Crippen LogP contribution < -0.4 is 0 Å². The highest BCUT2D eigenvalue weighted by atomic mass is 32.2. The van der Waals surface area contributed by atoms with E-state index in [2.05, 4.69) is 23.8 Å². The highest BCUT2D eigenvalue weighted by molar-refractivity contribution is 7.89. The highest BCUT2D eigenvalue weighted by Gasteiger charge is 2.31. The Morgan fingerprint density at radius 1 is 0.933 bits per heavy atom. The van der Waals surface area contributed by atoms with E-state index in [1.54, 1.807) is 18.2 Å². The second-order valence-electron chi connectivity index (χ2n) is 6.94. The number of nitrogens with zero attached hydrogens (tertiary/aromatic N) is 6. The van der Waals surface area contributed by atoms with Gasteiger partial charge in [0.15, 0.2) is 0 Å². The molecule has 1 aliphatic heterocycles. The smallest absolute Gasteiger partial charge is 0.247 e. The van der Waals surface area contributed by atoms with Gasteiger partial charge in [0.2, 0.25) is 21.8 Å². The molecule has 0 spiro atoms. The van der Waals surface area contributed by atoms with Crippen molar-refractivity contribution in [3.05, 3.63) is 54.4 Å². The molecule has 11 heteroatoms. The Morgan fingerprint density at radius 3 is 2.53 bits per heavy atom. The number of piperazine rings is 1. The van der Waals surface area contributed by atoms with Gasteiger partial charge in [-0.1, -0.05) is 24.3 Å². The summed E-state index contributed by atoms with van der Waals surface area (Å²) < 4.78 is 41.8. The van der Waals surface area contributed by atoms with Crippen molar-refractivity contribution in [1.29, 1.82) is 0 Å². The van der Waals surface area contributed by atoms with Crippen LogP contribution in [-0.2, 0) is 16.6 Å². The van der Waals surface area contributed by atoms with Gasteiger partial charge in [0.05, 0.1) is 18.3 Å². The Morgan fingerprint density at radius 2 is 1.73 bits per heavy atom. The maximum Gasteiger partial charge on any atom is 0.247 e. The fraction of sp³-hybridized carbons (Fsp3) is 0.263. The van der Waals surface area contributed by atoms with Crippen molar-refractivity contribution in [3.8, 4) is 11.5 Å². The van der Waals surface area contributed by atoms with Crippen LogP contribution in [0.1, 0.15) is 5.89 Å². The maximum atomic E-state index is 13.1. The number of aromatic nitrogens is 4. The Balaban J connectivity index is 1.26. The Bertz CT molecular complexity index is 1260. The number of hydrogen-bond acceptors (Lipinski definition) is 9. The zero-order valence-corrected chi connectivity index (χ0v) is 17.5. The third-order valence-electron chi connectivity index (χ3n) is 5.04. The van der Waals surface area contributed by atoms with E-state index in [0.717, 1.165) is 17.3 Å². The van der Waals surface area contributed by atoms with Crippen LogP contribution in [0.25, 0.3) is 22.5 Å². The molecule has 0 radical (unpaired) electrons. The quantitative estimate of drug-likeness (QED) is 0.463. The molecule has 1 aliphatic rings. The second kappa shape index (κ2) is 7.84. The number of sulfonamides is 1. The summed E-state index contributed by atoms with van der Waals surface area (Å²) in [5.41, 5.74) is 1.91. The number of hydrogen-bond donors (Lipinski definition) is 0. The Hall–Kier alpha value is -2.73. The first-order valence-electron chi connectivity index (χ1n) is 9.43. The summed E-state index contributed by atoms with van der Waals surface area (Å²) in [6.45, 7) is 2.41. The lowest BCUT2D eigenvalue weighted by Crippen LogP contribution is -2.48. The van der Waals surface area contributed by atoms with Crippen LogP contribution in [0.5, 0.6) is 0 Å². The van der Waals surface area contributed by atoms with E-state index in [1.807, 2.05) is 30.3 Å². The number of fused-ring (bicyclic) bond motifs is 1. The van der Waals surface area contributed by atoms with Crippen molar-refractivity contribution in [1.82, 2.24) is 28.1 Å². The Labute approximate surface area is 177 Å². The van der Waals surface area contributed by atoms with E-state index < -0.39 is 10.0 Å². The number of rotatable bonds is 5. The van der Waals surface area contributed by atoms with Gasteiger partial charge in [-0.3, -0.25) is 4.90 Å². The molecule has 154 valence electrons.